The molecule has 1 aliphatic rings. The molecule has 1 aromatic rings. The lowest BCUT2D eigenvalue weighted by atomic mass is 9.96. The van der Waals surface area contributed by atoms with E-state index in [1.807, 2.05) is 18.9 Å². The molecule has 1 aliphatic carbocycles. The Labute approximate surface area is 113 Å². The maximum absolute atomic E-state index is 6.05. The summed E-state index contributed by atoms with van der Waals surface area (Å²) in [6, 6.07) is 0.429. The van der Waals surface area contributed by atoms with Crippen molar-refractivity contribution in [2.45, 2.75) is 51.6 Å². The normalized spacial score (nSPS) is 18.0. The maximum Gasteiger partial charge on any atom is 0.191 e. The van der Waals surface area contributed by atoms with Crippen LogP contribution in [-0.4, -0.2) is 28.9 Å². The van der Waals surface area contributed by atoms with Gasteiger partial charge in [0.2, 0.25) is 0 Å². The number of aliphatic imine (C=N–C) groups is 1. The minimum atomic E-state index is 0.429. The molecule has 1 saturated carbocycles. The molecule has 1 heterocycles. The number of thiazole rings is 1. The Morgan fingerprint density at radius 1 is 1.50 bits per heavy atom. The van der Waals surface area contributed by atoms with Gasteiger partial charge in [0.1, 0.15) is 0 Å². The van der Waals surface area contributed by atoms with Crippen molar-refractivity contribution in [1.29, 1.82) is 0 Å². The molecule has 1 aromatic heterocycles. The van der Waals surface area contributed by atoms with Crippen LogP contribution < -0.4 is 5.73 Å². The van der Waals surface area contributed by atoms with Gasteiger partial charge in [-0.2, -0.15) is 0 Å². The molecule has 0 spiro atoms. The summed E-state index contributed by atoms with van der Waals surface area (Å²) in [5.74, 6) is 0.646. The molecule has 18 heavy (non-hydrogen) atoms. The second kappa shape index (κ2) is 6.18. The van der Waals surface area contributed by atoms with Crippen molar-refractivity contribution >= 4 is 17.3 Å². The van der Waals surface area contributed by atoms with Gasteiger partial charge < -0.3 is 10.6 Å². The topological polar surface area (TPSA) is 54.5 Å². The summed E-state index contributed by atoms with van der Waals surface area (Å²) < 4.78 is 0. The van der Waals surface area contributed by atoms with E-state index < -0.39 is 0 Å². The van der Waals surface area contributed by atoms with Crippen LogP contribution in [0.4, 0.5) is 0 Å². The SMILES string of the molecule is Cc1nc(CN(C)C(N)=NC2CCCCC2)cs1. The van der Waals surface area contributed by atoms with Crippen molar-refractivity contribution in [3.05, 3.63) is 16.1 Å². The molecule has 0 bridgehead atoms. The maximum atomic E-state index is 6.05. The summed E-state index contributed by atoms with van der Waals surface area (Å²) in [6.07, 6.45) is 6.29. The van der Waals surface area contributed by atoms with Crippen molar-refractivity contribution in [3.8, 4) is 0 Å². The van der Waals surface area contributed by atoms with Crippen molar-refractivity contribution in [1.82, 2.24) is 9.88 Å². The number of hydrogen-bond donors (Lipinski definition) is 1. The lowest BCUT2D eigenvalue weighted by Crippen LogP contribution is -2.35. The third-order valence-electron chi connectivity index (χ3n) is 3.35. The van der Waals surface area contributed by atoms with Gasteiger partial charge in [0.25, 0.3) is 0 Å². The van der Waals surface area contributed by atoms with Gasteiger partial charge in [-0.25, -0.2) is 9.98 Å². The zero-order valence-electron chi connectivity index (χ0n) is 11.2. The van der Waals surface area contributed by atoms with Gasteiger partial charge in [0.05, 0.1) is 23.3 Å². The highest BCUT2D eigenvalue weighted by Crippen LogP contribution is 2.20. The standard InChI is InChI=1S/C13H22N4S/c1-10-15-12(9-18-10)8-17(2)13(14)16-11-6-4-3-5-7-11/h9,11H,3-8H2,1-2H3,(H2,14,16). The van der Waals surface area contributed by atoms with E-state index in [9.17, 15) is 0 Å². The summed E-state index contributed by atoms with van der Waals surface area (Å²) in [5.41, 5.74) is 7.13. The first-order valence-corrected chi connectivity index (χ1v) is 7.48. The van der Waals surface area contributed by atoms with Crippen LogP contribution in [0.5, 0.6) is 0 Å². The number of nitrogens with two attached hydrogens (primary N) is 1. The van der Waals surface area contributed by atoms with E-state index in [4.69, 9.17) is 5.73 Å². The third kappa shape index (κ3) is 3.70. The second-order valence-corrected chi connectivity index (χ2v) is 6.06. The van der Waals surface area contributed by atoms with Gasteiger partial charge in [-0.3, -0.25) is 0 Å². The Hall–Kier alpha value is -1.10. The highest BCUT2D eigenvalue weighted by Gasteiger charge is 2.14. The van der Waals surface area contributed by atoms with Crippen LogP contribution in [0.2, 0.25) is 0 Å². The summed E-state index contributed by atoms with van der Waals surface area (Å²) >= 11 is 1.68. The van der Waals surface area contributed by atoms with Crippen molar-refractivity contribution in [3.63, 3.8) is 0 Å². The molecule has 1 fully saturated rings. The second-order valence-electron chi connectivity index (χ2n) is 4.99. The van der Waals surface area contributed by atoms with Crippen LogP contribution in [0.25, 0.3) is 0 Å². The van der Waals surface area contributed by atoms with E-state index in [0.29, 0.717) is 12.0 Å². The van der Waals surface area contributed by atoms with Gasteiger partial charge in [0, 0.05) is 12.4 Å². The van der Waals surface area contributed by atoms with Gasteiger partial charge in [0.15, 0.2) is 5.96 Å². The first kappa shape index (κ1) is 13.3. The molecule has 2 N–H and O–H groups in total. The van der Waals surface area contributed by atoms with Crippen LogP contribution >= 0.6 is 11.3 Å². The quantitative estimate of drug-likeness (QED) is 0.675. The minimum Gasteiger partial charge on any atom is -0.370 e. The van der Waals surface area contributed by atoms with E-state index in [0.717, 1.165) is 17.2 Å². The number of aromatic nitrogens is 1. The average Bonchev–Trinajstić information content (AvgIpc) is 2.76. The Bertz CT molecular complexity index is 407. The van der Waals surface area contributed by atoms with Crippen molar-refractivity contribution < 1.29 is 0 Å². The molecule has 0 unspecified atom stereocenters. The van der Waals surface area contributed by atoms with Crippen molar-refractivity contribution in [2.75, 3.05) is 7.05 Å². The van der Waals surface area contributed by atoms with E-state index in [2.05, 4.69) is 15.4 Å². The molecule has 0 amide bonds. The van der Waals surface area contributed by atoms with Gasteiger partial charge in [-0.1, -0.05) is 19.3 Å². The van der Waals surface area contributed by atoms with Crippen LogP contribution in [0.15, 0.2) is 10.4 Å². The highest BCUT2D eigenvalue weighted by molar-refractivity contribution is 7.09. The van der Waals surface area contributed by atoms with Crippen LogP contribution in [-0.2, 0) is 6.54 Å². The Morgan fingerprint density at radius 2 is 2.22 bits per heavy atom. The van der Waals surface area contributed by atoms with E-state index in [-0.39, 0.29) is 0 Å². The largest absolute Gasteiger partial charge is 0.370 e. The van der Waals surface area contributed by atoms with Crippen LogP contribution in [0, 0.1) is 6.92 Å². The van der Waals surface area contributed by atoms with E-state index in [1.165, 1.54) is 32.1 Å². The average molecular weight is 266 g/mol. The predicted molar refractivity (Wildman–Crippen MR) is 76.8 cm³/mol. The smallest absolute Gasteiger partial charge is 0.191 e. The number of nitrogens with zero attached hydrogens (tertiary/aromatic N) is 3. The summed E-state index contributed by atoms with van der Waals surface area (Å²) in [7, 11) is 1.98. The minimum absolute atomic E-state index is 0.429. The predicted octanol–water partition coefficient (Wildman–Crippen LogP) is 2.53. The third-order valence-corrected chi connectivity index (χ3v) is 4.17. The summed E-state index contributed by atoms with van der Waals surface area (Å²) in [6.45, 7) is 2.76. The molecule has 0 saturated heterocycles. The number of hydrogen-bond acceptors (Lipinski definition) is 3. The molecule has 0 radical (unpaired) electrons. The zero-order valence-corrected chi connectivity index (χ0v) is 12.0. The highest BCUT2D eigenvalue weighted by atomic mass is 32.1. The molecular formula is C13H22N4S. The number of guanidine groups is 1. The van der Waals surface area contributed by atoms with Crippen LogP contribution in [0.3, 0.4) is 0 Å². The lowest BCUT2D eigenvalue weighted by molar-refractivity contribution is 0.427. The fraction of sp³-hybridized carbons (Fsp3) is 0.692. The summed E-state index contributed by atoms with van der Waals surface area (Å²) in [4.78, 5) is 11.1. The van der Waals surface area contributed by atoms with E-state index in [1.54, 1.807) is 11.3 Å². The first-order chi connectivity index (χ1) is 8.65. The van der Waals surface area contributed by atoms with Gasteiger partial charge in [-0.15, -0.1) is 11.3 Å². The zero-order chi connectivity index (χ0) is 13.0. The lowest BCUT2D eigenvalue weighted by Gasteiger charge is -2.22. The molecule has 5 heteroatoms. The fourth-order valence-electron chi connectivity index (χ4n) is 2.30. The van der Waals surface area contributed by atoms with Crippen molar-refractivity contribution in [2.24, 2.45) is 10.7 Å². The fourth-order valence-corrected chi connectivity index (χ4v) is 2.90. The Kier molecular flexibility index (Phi) is 4.58. The first-order valence-electron chi connectivity index (χ1n) is 6.60. The monoisotopic (exact) mass is 266 g/mol. The molecule has 100 valence electrons. The molecule has 4 nitrogen and oxygen atoms in total. The molecule has 0 aliphatic heterocycles. The Balaban J connectivity index is 1.90. The Morgan fingerprint density at radius 3 is 2.83 bits per heavy atom. The number of aryl methyl sites for hydroxylation is 1. The molecule has 0 aromatic carbocycles. The van der Waals surface area contributed by atoms with E-state index >= 15 is 0 Å². The van der Waals surface area contributed by atoms with Gasteiger partial charge in [-0.05, 0) is 19.8 Å². The van der Waals surface area contributed by atoms with Crippen LogP contribution in [0.1, 0.15) is 42.8 Å². The molecular weight excluding hydrogens is 244 g/mol. The summed E-state index contributed by atoms with van der Waals surface area (Å²) in [5, 5.41) is 3.18. The molecule has 0 atom stereocenters. The number of rotatable bonds is 3. The molecule has 2 rings (SSSR count). The van der Waals surface area contributed by atoms with Gasteiger partial charge >= 0.3 is 0 Å².